The van der Waals surface area contributed by atoms with Crippen LogP contribution in [0.2, 0.25) is 0 Å². The molecule has 1 amide bonds. The van der Waals surface area contributed by atoms with Gasteiger partial charge < -0.3 is 20.9 Å². The van der Waals surface area contributed by atoms with Gasteiger partial charge in [-0.05, 0) is 44.9 Å². The van der Waals surface area contributed by atoms with Gasteiger partial charge in [0.05, 0.1) is 6.04 Å². The molecule has 25 heavy (non-hydrogen) atoms. The lowest BCUT2D eigenvalue weighted by Gasteiger charge is -2.37. The third kappa shape index (κ3) is 5.44. The van der Waals surface area contributed by atoms with Crippen LogP contribution in [0.4, 0.5) is 4.79 Å². The van der Waals surface area contributed by atoms with Crippen LogP contribution in [0.15, 0.2) is 24.3 Å². The van der Waals surface area contributed by atoms with Crippen molar-refractivity contribution in [1.82, 2.24) is 10.2 Å². The molecule has 0 saturated carbocycles. The molecule has 1 aromatic rings. The highest BCUT2D eigenvalue weighted by Crippen LogP contribution is 2.16. The average Bonchev–Trinajstić information content (AvgIpc) is 2.54. The number of phenolic OH excluding ortho intramolecular Hbond substituents is 1. The largest absolute Gasteiger partial charge is 0.508 e. The summed E-state index contributed by atoms with van der Waals surface area (Å²) in [6.45, 7) is 6.75. The summed E-state index contributed by atoms with van der Waals surface area (Å²) in [7, 11) is 0. The zero-order valence-electron chi connectivity index (χ0n) is 15.0. The predicted molar refractivity (Wildman–Crippen MR) is 94.4 cm³/mol. The van der Waals surface area contributed by atoms with Gasteiger partial charge in [0, 0.05) is 19.6 Å². The number of phenols is 1. The number of nitrogens with zero attached hydrogens (tertiary/aromatic N) is 1. The smallest absolute Gasteiger partial charge is 0.410 e. The van der Waals surface area contributed by atoms with E-state index in [2.05, 4.69) is 5.32 Å². The summed E-state index contributed by atoms with van der Waals surface area (Å²) in [6.07, 6.45) is -0.151. The van der Waals surface area contributed by atoms with E-state index in [1.54, 1.807) is 45.0 Å². The van der Waals surface area contributed by atoms with E-state index in [4.69, 9.17) is 10.5 Å². The summed E-state index contributed by atoms with van der Waals surface area (Å²) in [5.41, 5.74) is 6.32. The Morgan fingerprint density at radius 2 is 2.00 bits per heavy atom. The highest BCUT2D eigenvalue weighted by atomic mass is 16.6. The van der Waals surface area contributed by atoms with Gasteiger partial charge in [0.15, 0.2) is 5.78 Å². The number of nitrogens with one attached hydrogen (secondary N) is 1. The number of carbonyl (C=O) groups excluding carboxylic acids is 2. The highest BCUT2D eigenvalue weighted by Gasteiger charge is 2.36. The third-order valence-corrected chi connectivity index (χ3v) is 3.96. The first-order valence-corrected chi connectivity index (χ1v) is 8.45. The van der Waals surface area contributed by atoms with Crippen molar-refractivity contribution in [2.45, 2.75) is 44.9 Å². The summed E-state index contributed by atoms with van der Waals surface area (Å²) in [4.78, 5) is 26.6. The number of amides is 1. The van der Waals surface area contributed by atoms with Gasteiger partial charge in [0.25, 0.3) is 0 Å². The van der Waals surface area contributed by atoms with E-state index in [9.17, 15) is 14.7 Å². The molecule has 0 aliphatic carbocycles. The van der Waals surface area contributed by atoms with E-state index in [-0.39, 0.29) is 11.5 Å². The van der Waals surface area contributed by atoms with E-state index in [0.717, 1.165) is 5.56 Å². The van der Waals surface area contributed by atoms with E-state index >= 15 is 0 Å². The predicted octanol–water partition coefficient (Wildman–Crippen LogP) is 1.04. The van der Waals surface area contributed by atoms with Gasteiger partial charge in [-0.15, -0.1) is 0 Å². The number of Topliss-reactive ketones (excluding diaryl/α,β-unsaturated/α-hetero) is 1. The van der Waals surface area contributed by atoms with Crippen molar-refractivity contribution in [2.24, 2.45) is 5.73 Å². The Morgan fingerprint density at radius 3 is 2.60 bits per heavy atom. The molecule has 1 aliphatic rings. The first kappa shape index (κ1) is 19.2. The maximum atomic E-state index is 12.8. The number of benzene rings is 1. The van der Waals surface area contributed by atoms with Crippen molar-refractivity contribution < 1.29 is 19.4 Å². The van der Waals surface area contributed by atoms with Gasteiger partial charge in [0.1, 0.15) is 17.4 Å². The van der Waals surface area contributed by atoms with Crippen LogP contribution in [0, 0.1) is 0 Å². The van der Waals surface area contributed by atoms with Crippen LogP contribution >= 0.6 is 0 Å². The Balaban J connectivity index is 2.05. The number of ketones is 1. The molecule has 4 N–H and O–H groups in total. The van der Waals surface area contributed by atoms with Crippen molar-refractivity contribution in [3.05, 3.63) is 29.8 Å². The number of nitrogens with two attached hydrogens (primary N) is 1. The molecule has 138 valence electrons. The summed E-state index contributed by atoms with van der Waals surface area (Å²) in [5.74, 6) is -0.0395. The van der Waals surface area contributed by atoms with Gasteiger partial charge in [-0.2, -0.15) is 0 Å². The molecule has 0 aromatic heterocycles. The minimum atomic E-state index is -0.737. The number of hydrogen-bond acceptors (Lipinski definition) is 6. The Labute approximate surface area is 148 Å². The molecule has 2 rings (SSSR count). The fourth-order valence-corrected chi connectivity index (χ4v) is 2.73. The normalized spacial score (nSPS) is 19.4. The minimum absolute atomic E-state index is 0.163. The summed E-state index contributed by atoms with van der Waals surface area (Å²) in [5, 5.41) is 12.5. The molecule has 0 radical (unpaired) electrons. The van der Waals surface area contributed by atoms with Gasteiger partial charge in [-0.3, -0.25) is 9.69 Å². The van der Waals surface area contributed by atoms with Crippen LogP contribution in [-0.2, 0) is 16.0 Å². The molecule has 7 nitrogen and oxygen atoms in total. The van der Waals surface area contributed by atoms with Crippen LogP contribution < -0.4 is 11.1 Å². The van der Waals surface area contributed by atoms with Crippen molar-refractivity contribution >= 4 is 11.9 Å². The SMILES string of the molecule is CC(C)(C)OC(=O)N1CCNCC1C(=O)[C@@H](N)Cc1ccc(O)cc1. The fourth-order valence-electron chi connectivity index (χ4n) is 2.73. The Hall–Kier alpha value is -2.12. The van der Waals surface area contributed by atoms with Gasteiger partial charge in [0.2, 0.25) is 0 Å². The molecule has 0 bridgehead atoms. The second-order valence-electron chi connectivity index (χ2n) is 7.27. The maximum Gasteiger partial charge on any atom is 0.410 e. The van der Waals surface area contributed by atoms with E-state index in [1.807, 2.05) is 0 Å². The summed E-state index contributed by atoms with van der Waals surface area (Å²) >= 11 is 0. The van der Waals surface area contributed by atoms with Crippen molar-refractivity contribution in [3.8, 4) is 5.75 Å². The summed E-state index contributed by atoms with van der Waals surface area (Å²) in [6, 6.07) is 5.19. The van der Waals surface area contributed by atoms with Crippen LogP contribution in [0.3, 0.4) is 0 Å². The quantitative estimate of drug-likeness (QED) is 0.750. The lowest BCUT2D eigenvalue weighted by Crippen LogP contribution is -2.60. The maximum absolute atomic E-state index is 12.8. The fraction of sp³-hybridized carbons (Fsp3) is 0.556. The number of piperazine rings is 1. The van der Waals surface area contributed by atoms with E-state index in [0.29, 0.717) is 26.1 Å². The lowest BCUT2D eigenvalue weighted by molar-refractivity contribution is -0.126. The summed E-state index contributed by atoms with van der Waals surface area (Å²) < 4.78 is 5.41. The second-order valence-corrected chi connectivity index (χ2v) is 7.27. The average molecular weight is 349 g/mol. The number of carbonyl (C=O) groups is 2. The van der Waals surface area contributed by atoms with Crippen molar-refractivity contribution in [1.29, 1.82) is 0 Å². The van der Waals surface area contributed by atoms with Crippen LogP contribution in [0.5, 0.6) is 5.75 Å². The molecule has 0 spiro atoms. The van der Waals surface area contributed by atoms with E-state index < -0.39 is 23.8 Å². The zero-order valence-corrected chi connectivity index (χ0v) is 15.0. The lowest BCUT2D eigenvalue weighted by atomic mass is 9.97. The zero-order chi connectivity index (χ0) is 18.6. The molecule has 1 fully saturated rings. The Kier molecular flexibility index (Phi) is 6.02. The number of aromatic hydroxyl groups is 1. The topological polar surface area (TPSA) is 105 Å². The molecule has 7 heteroatoms. The Morgan fingerprint density at radius 1 is 1.36 bits per heavy atom. The number of ether oxygens (including phenoxy) is 1. The number of hydrogen-bond donors (Lipinski definition) is 3. The molecule has 1 aliphatic heterocycles. The molecule has 1 aromatic carbocycles. The number of rotatable bonds is 4. The van der Waals surface area contributed by atoms with Crippen LogP contribution in [0.25, 0.3) is 0 Å². The second kappa shape index (κ2) is 7.84. The molecular formula is C18H27N3O4. The Bertz CT molecular complexity index is 610. The molecule has 1 unspecified atom stereocenters. The first-order valence-electron chi connectivity index (χ1n) is 8.45. The van der Waals surface area contributed by atoms with E-state index in [1.165, 1.54) is 4.90 Å². The minimum Gasteiger partial charge on any atom is -0.508 e. The van der Waals surface area contributed by atoms with Gasteiger partial charge >= 0.3 is 6.09 Å². The van der Waals surface area contributed by atoms with Gasteiger partial charge in [-0.25, -0.2) is 4.79 Å². The van der Waals surface area contributed by atoms with Crippen molar-refractivity contribution in [3.63, 3.8) is 0 Å². The van der Waals surface area contributed by atoms with Crippen LogP contribution in [0.1, 0.15) is 26.3 Å². The van der Waals surface area contributed by atoms with Crippen LogP contribution in [-0.4, -0.2) is 59.2 Å². The first-order chi connectivity index (χ1) is 11.7. The molecular weight excluding hydrogens is 322 g/mol. The highest BCUT2D eigenvalue weighted by molar-refractivity contribution is 5.92. The van der Waals surface area contributed by atoms with Gasteiger partial charge in [-0.1, -0.05) is 12.1 Å². The third-order valence-electron chi connectivity index (χ3n) is 3.96. The standard InChI is InChI=1S/C18H27N3O4/c1-18(2,3)25-17(24)21-9-8-20-11-15(21)16(23)14(19)10-12-4-6-13(22)7-5-12/h4-7,14-15,20,22H,8-11,19H2,1-3H3/t14-,15?/m0/s1. The monoisotopic (exact) mass is 349 g/mol. The van der Waals surface area contributed by atoms with Crippen molar-refractivity contribution in [2.75, 3.05) is 19.6 Å². The molecule has 2 atom stereocenters. The molecule has 1 heterocycles. The molecule has 1 saturated heterocycles.